The van der Waals surface area contributed by atoms with Gasteiger partial charge in [0.05, 0.1) is 11.4 Å². The van der Waals surface area contributed by atoms with Crippen LogP contribution in [0.15, 0.2) is 0 Å². The minimum absolute atomic E-state index is 0.0147. The Balaban J connectivity index is 1.72. The van der Waals surface area contributed by atoms with Crippen LogP contribution in [0, 0.1) is 0 Å². The molecule has 0 saturated carbocycles. The molecule has 1 N–H and O–H groups in total. The number of thioether (sulfide) groups is 1. The summed E-state index contributed by atoms with van der Waals surface area (Å²) in [6.45, 7) is 1.15. The summed E-state index contributed by atoms with van der Waals surface area (Å²) in [4.78, 5) is 24.6. The van der Waals surface area contributed by atoms with Gasteiger partial charge in [0.1, 0.15) is 6.61 Å². The molecule has 1 unspecified atom stereocenters. The molecule has 0 spiro atoms. The third-order valence-corrected chi connectivity index (χ3v) is 5.02. The van der Waals surface area contributed by atoms with Crippen LogP contribution in [0.2, 0.25) is 0 Å². The van der Waals surface area contributed by atoms with Crippen molar-refractivity contribution in [1.29, 1.82) is 0 Å². The number of aliphatic carboxylic acids is 1. The van der Waals surface area contributed by atoms with Gasteiger partial charge < -0.3 is 14.7 Å². The van der Waals surface area contributed by atoms with E-state index in [0.29, 0.717) is 13.1 Å². The average Bonchev–Trinajstić information content (AvgIpc) is 2.46. The van der Waals surface area contributed by atoms with Crippen LogP contribution in [0.4, 0.5) is 0 Å². The number of carboxylic acids is 1. The third-order valence-electron chi connectivity index (χ3n) is 3.65. The molecule has 2 aliphatic heterocycles. The molecule has 0 radical (unpaired) electrons. The third kappa shape index (κ3) is 4.38. The molecule has 0 aromatic rings. The molecule has 0 aromatic heterocycles. The van der Waals surface area contributed by atoms with Gasteiger partial charge in [0.25, 0.3) is 0 Å². The Morgan fingerprint density at radius 2 is 1.95 bits per heavy atom. The molecular weight excluding hydrogens is 266 g/mol. The van der Waals surface area contributed by atoms with Crippen LogP contribution in [0.25, 0.3) is 0 Å². The Labute approximate surface area is 117 Å². The molecule has 0 bridgehead atoms. The minimum Gasteiger partial charge on any atom is -0.480 e. The summed E-state index contributed by atoms with van der Waals surface area (Å²) < 4.78 is 5.28. The van der Waals surface area contributed by atoms with E-state index >= 15 is 0 Å². The molecule has 1 atom stereocenters. The van der Waals surface area contributed by atoms with Crippen molar-refractivity contribution >= 4 is 23.6 Å². The minimum atomic E-state index is -0.933. The smallest absolute Gasteiger partial charge is 0.329 e. The number of rotatable bonds is 4. The first kappa shape index (κ1) is 14.7. The van der Waals surface area contributed by atoms with E-state index in [1.54, 1.807) is 11.8 Å². The molecule has 0 aromatic carbocycles. The van der Waals surface area contributed by atoms with Crippen molar-refractivity contribution in [3.8, 4) is 0 Å². The van der Waals surface area contributed by atoms with E-state index < -0.39 is 5.97 Å². The molecule has 2 fully saturated rings. The van der Waals surface area contributed by atoms with Crippen molar-refractivity contribution in [1.82, 2.24) is 4.90 Å². The van der Waals surface area contributed by atoms with Gasteiger partial charge in [0, 0.05) is 13.1 Å². The zero-order valence-corrected chi connectivity index (χ0v) is 11.9. The Kier molecular flexibility index (Phi) is 5.51. The molecule has 2 aliphatic rings. The topological polar surface area (TPSA) is 66.8 Å². The van der Waals surface area contributed by atoms with Crippen LogP contribution in [0.5, 0.6) is 0 Å². The molecule has 6 heteroatoms. The fourth-order valence-electron chi connectivity index (χ4n) is 2.57. The summed E-state index contributed by atoms with van der Waals surface area (Å²) in [6.07, 6.45) is 4.85. The highest BCUT2D eigenvalue weighted by Crippen LogP contribution is 2.27. The lowest BCUT2D eigenvalue weighted by atomic mass is 10.1. The summed E-state index contributed by atoms with van der Waals surface area (Å²) >= 11 is 1.78. The van der Waals surface area contributed by atoms with Gasteiger partial charge in [-0.2, -0.15) is 0 Å². The van der Waals surface area contributed by atoms with Crippen molar-refractivity contribution in [2.75, 3.05) is 25.4 Å². The van der Waals surface area contributed by atoms with E-state index in [1.807, 2.05) is 4.90 Å². The van der Waals surface area contributed by atoms with E-state index in [-0.39, 0.29) is 23.9 Å². The van der Waals surface area contributed by atoms with Crippen LogP contribution in [-0.4, -0.2) is 58.7 Å². The number of carbonyl (C=O) groups is 2. The van der Waals surface area contributed by atoms with Crippen LogP contribution in [-0.2, 0) is 14.3 Å². The first-order valence-corrected chi connectivity index (χ1v) is 7.95. The molecule has 2 heterocycles. The average molecular weight is 287 g/mol. The zero-order valence-electron chi connectivity index (χ0n) is 11.0. The van der Waals surface area contributed by atoms with E-state index in [9.17, 15) is 9.59 Å². The highest BCUT2D eigenvalue weighted by Gasteiger charge is 2.29. The standard InChI is InChI=1S/C13H21NO4S/c15-12(16)9-18-10-4-6-14(7-5-10)13(17)11-3-1-2-8-19-11/h10-11H,1-9H2,(H,15,16). The van der Waals surface area contributed by atoms with Crippen molar-refractivity contribution in [3.63, 3.8) is 0 Å². The van der Waals surface area contributed by atoms with E-state index in [1.165, 1.54) is 6.42 Å². The summed E-state index contributed by atoms with van der Waals surface area (Å²) in [6, 6.07) is 0. The number of ether oxygens (including phenoxy) is 1. The van der Waals surface area contributed by atoms with E-state index in [4.69, 9.17) is 9.84 Å². The molecule has 2 saturated heterocycles. The molecular formula is C13H21NO4S. The summed E-state index contributed by atoms with van der Waals surface area (Å²) in [5.41, 5.74) is 0. The van der Waals surface area contributed by atoms with E-state index in [0.717, 1.165) is 31.4 Å². The maximum atomic E-state index is 12.3. The van der Waals surface area contributed by atoms with Crippen molar-refractivity contribution in [2.24, 2.45) is 0 Å². The number of amides is 1. The lowest BCUT2D eigenvalue weighted by molar-refractivity contribution is -0.146. The number of likely N-dealkylation sites (tertiary alicyclic amines) is 1. The second-order valence-corrected chi connectivity index (χ2v) is 6.40. The van der Waals surface area contributed by atoms with Gasteiger partial charge in [0.15, 0.2) is 0 Å². The molecule has 5 nitrogen and oxygen atoms in total. The monoisotopic (exact) mass is 287 g/mol. The zero-order chi connectivity index (χ0) is 13.7. The predicted octanol–water partition coefficient (Wildman–Crippen LogP) is 1.36. The summed E-state index contributed by atoms with van der Waals surface area (Å²) in [7, 11) is 0. The predicted molar refractivity (Wildman–Crippen MR) is 73.3 cm³/mol. The molecule has 1 amide bonds. The SMILES string of the molecule is O=C(O)COC1CCN(C(=O)C2CCCCS2)CC1. The van der Waals surface area contributed by atoms with Crippen LogP contribution in [0.3, 0.4) is 0 Å². The highest BCUT2D eigenvalue weighted by molar-refractivity contribution is 8.00. The van der Waals surface area contributed by atoms with E-state index in [2.05, 4.69) is 0 Å². The molecule has 108 valence electrons. The van der Waals surface area contributed by atoms with Gasteiger partial charge in [-0.05, 0) is 31.4 Å². The fraction of sp³-hybridized carbons (Fsp3) is 0.846. The highest BCUT2D eigenvalue weighted by atomic mass is 32.2. The van der Waals surface area contributed by atoms with Crippen LogP contribution < -0.4 is 0 Å². The number of hydrogen-bond donors (Lipinski definition) is 1. The number of hydrogen-bond acceptors (Lipinski definition) is 4. The first-order valence-electron chi connectivity index (χ1n) is 6.90. The Morgan fingerprint density at radius 1 is 1.21 bits per heavy atom. The van der Waals surface area contributed by atoms with Crippen molar-refractivity contribution in [2.45, 2.75) is 43.5 Å². The van der Waals surface area contributed by atoms with Gasteiger partial charge in [0.2, 0.25) is 5.91 Å². The van der Waals surface area contributed by atoms with Gasteiger partial charge in [-0.3, -0.25) is 4.79 Å². The lowest BCUT2D eigenvalue weighted by Crippen LogP contribution is -2.45. The lowest BCUT2D eigenvalue weighted by Gasteiger charge is -2.34. The second kappa shape index (κ2) is 7.14. The normalized spacial score (nSPS) is 25.3. The Bertz CT molecular complexity index is 323. The van der Waals surface area contributed by atoms with Crippen molar-refractivity contribution < 1.29 is 19.4 Å². The number of piperidine rings is 1. The maximum Gasteiger partial charge on any atom is 0.329 e. The quantitative estimate of drug-likeness (QED) is 0.846. The first-order chi connectivity index (χ1) is 9.16. The molecule has 19 heavy (non-hydrogen) atoms. The van der Waals surface area contributed by atoms with Gasteiger partial charge in [-0.1, -0.05) is 6.42 Å². The molecule has 0 aliphatic carbocycles. The summed E-state index contributed by atoms with van der Waals surface area (Å²) in [5.74, 6) is 0.424. The number of carbonyl (C=O) groups excluding carboxylic acids is 1. The summed E-state index contributed by atoms with van der Waals surface area (Å²) in [5, 5.41) is 8.71. The number of nitrogens with zero attached hydrogens (tertiary/aromatic N) is 1. The van der Waals surface area contributed by atoms with Crippen LogP contribution >= 0.6 is 11.8 Å². The Hall–Kier alpha value is -0.750. The largest absolute Gasteiger partial charge is 0.480 e. The van der Waals surface area contributed by atoms with Gasteiger partial charge >= 0.3 is 5.97 Å². The second-order valence-electron chi connectivity index (χ2n) is 5.08. The Morgan fingerprint density at radius 3 is 2.53 bits per heavy atom. The fourth-order valence-corrected chi connectivity index (χ4v) is 3.85. The van der Waals surface area contributed by atoms with Crippen molar-refractivity contribution in [3.05, 3.63) is 0 Å². The maximum absolute atomic E-state index is 12.3. The molecule has 2 rings (SSSR count). The van der Waals surface area contributed by atoms with Gasteiger partial charge in [-0.15, -0.1) is 11.8 Å². The van der Waals surface area contributed by atoms with Crippen LogP contribution in [0.1, 0.15) is 32.1 Å². The van der Waals surface area contributed by atoms with Gasteiger partial charge in [-0.25, -0.2) is 4.79 Å². The number of carboxylic acid groups (broad SMARTS) is 1.